The van der Waals surface area contributed by atoms with Crippen LogP contribution in [0.1, 0.15) is 12.5 Å². The molecular weight excluding hydrogens is 336 g/mol. The lowest BCUT2D eigenvalue weighted by atomic mass is 10.2. The summed E-state index contributed by atoms with van der Waals surface area (Å²) in [4.78, 5) is 16.4. The number of aryl methyl sites for hydroxylation is 1. The van der Waals surface area contributed by atoms with Gasteiger partial charge in [0.05, 0.1) is 10.3 Å². The second-order valence-corrected chi connectivity index (χ2v) is 6.60. The smallest absolute Gasteiger partial charge is 0.237 e. The van der Waals surface area contributed by atoms with E-state index < -0.39 is 0 Å². The SMILES string of the molecule is Cc1cc(NC(=O)C(C)Sc2ccccn2)ccc1Br. The van der Waals surface area contributed by atoms with Crippen molar-refractivity contribution in [3.63, 3.8) is 0 Å². The Morgan fingerprint density at radius 2 is 2.15 bits per heavy atom. The summed E-state index contributed by atoms with van der Waals surface area (Å²) in [5.41, 5.74) is 1.90. The van der Waals surface area contributed by atoms with E-state index in [4.69, 9.17) is 0 Å². The standard InChI is InChI=1S/C15H15BrN2OS/c1-10-9-12(6-7-13(10)16)18-15(19)11(2)20-14-5-3-4-8-17-14/h3-9,11H,1-2H3,(H,18,19). The molecule has 2 rings (SSSR count). The molecule has 104 valence electrons. The van der Waals surface area contributed by atoms with Gasteiger partial charge in [-0.05, 0) is 49.7 Å². The van der Waals surface area contributed by atoms with Gasteiger partial charge >= 0.3 is 0 Å². The van der Waals surface area contributed by atoms with Crippen molar-refractivity contribution in [3.8, 4) is 0 Å². The first kappa shape index (κ1) is 15.1. The van der Waals surface area contributed by atoms with Gasteiger partial charge in [-0.25, -0.2) is 4.98 Å². The fraction of sp³-hybridized carbons (Fsp3) is 0.200. The van der Waals surface area contributed by atoms with Crippen LogP contribution in [0.2, 0.25) is 0 Å². The van der Waals surface area contributed by atoms with Gasteiger partial charge in [0.15, 0.2) is 0 Å². The van der Waals surface area contributed by atoms with E-state index in [1.165, 1.54) is 11.8 Å². The van der Waals surface area contributed by atoms with Gasteiger partial charge in [-0.2, -0.15) is 0 Å². The molecule has 1 atom stereocenters. The molecular formula is C15H15BrN2OS. The summed E-state index contributed by atoms with van der Waals surface area (Å²) in [6.45, 7) is 3.87. The van der Waals surface area contributed by atoms with Crippen molar-refractivity contribution >= 4 is 39.3 Å². The lowest BCUT2D eigenvalue weighted by molar-refractivity contribution is -0.115. The minimum absolute atomic E-state index is 0.0256. The van der Waals surface area contributed by atoms with Gasteiger partial charge in [0.2, 0.25) is 5.91 Å². The van der Waals surface area contributed by atoms with Gasteiger partial charge in [0.1, 0.15) is 0 Å². The van der Waals surface area contributed by atoms with Crippen molar-refractivity contribution in [1.29, 1.82) is 0 Å². The molecule has 1 N–H and O–H groups in total. The molecule has 1 aromatic heterocycles. The third kappa shape index (κ3) is 4.08. The van der Waals surface area contributed by atoms with Crippen molar-refractivity contribution in [2.24, 2.45) is 0 Å². The predicted molar refractivity (Wildman–Crippen MR) is 87.1 cm³/mol. The highest BCUT2D eigenvalue weighted by atomic mass is 79.9. The molecule has 5 heteroatoms. The first-order valence-corrected chi connectivity index (χ1v) is 7.88. The molecule has 20 heavy (non-hydrogen) atoms. The molecule has 0 fully saturated rings. The Bertz CT molecular complexity index is 604. The van der Waals surface area contributed by atoms with E-state index in [9.17, 15) is 4.79 Å². The summed E-state index contributed by atoms with van der Waals surface area (Å²) >= 11 is 4.89. The van der Waals surface area contributed by atoms with E-state index in [1.807, 2.05) is 50.2 Å². The highest BCUT2D eigenvalue weighted by Crippen LogP contribution is 2.23. The maximum atomic E-state index is 12.1. The van der Waals surface area contributed by atoms with Crippen molar-refractivity contribution in [2.75, 3.05) is 5.32 Å². The molecule has 3 nitrogen and oxygen atoms in total. The van der Waals surface area contributed by atoms with Crippen LogP contribution >= 0.6 is 27.7 Å². The maximum Gasteiger partial charge on any atom is 0.237 e. The molecule has 2 aromatic rings. The predicted octanol–water partition coefficient (Wildman–Crippen LogP) is 4.27. The van der Waals surface area contributed by atoms with E-state index in [-0.39, 0.29) is 11.2 Å². The summed E-state index contributed by atoms with van der Waals surface area (Å²) in [6, 6.07) is 11.4. The van der Waals surface area contributed by atoms with Gasteiger partial charge in [-0.15, -0.1) is 0 Å². The molecule has 0 spiro atoms. The Balaban J connectivity index is 1.99. The number of amides is 1. The zero-order valence-corrected chi connectivity index (χ0v) is 13.7. The summed E-state index contributed by atoms with van der Waals surface area (Å²) in [6.07, 6.45) is 1.73. The number of thioether (sulfide) groups is 1. The molecule has 1 aromatic carbocycles. The van der Waals surface area contributed by atoms with Gasteiger partial charge in [-0.1, -0.05) is 33.8 Å². The number of halogens is 1. The lowest BCUT2D eigenvalue weighted by Gasteiger charge is -2.12. The molecule has 0 saturated heterocycles. The zero-order chi connectivity index (χ0) is 14.5. The van der Waals surface area contributed by atoms with Gasteiger partial charge in [0, 0.05) is 16.4 Å². The summed E-state index contributed by atoms with van der Waals surface area (Å²) < 4.78 is 1.03. The number of aromatic nitrogens is 1. The molecule has 1 heterocycles. The average molecular weight is 351 g/mol. The van der Waals surface area contributed by atoms with Crippen molar-refractivity contribution < 1.29 is 4.79 Å². The van der Waals surface area contributed by atoms with E-state index >= 15 is 0 Å². The van der Waals surface area contributed by atoms with Crippen LogP contribution in [0.5, 0.6) is 0 Å². The lowest BCUT2D eigenvalue weighted by Crippen LogP contribution is -2.22. The Kier molecular flexibility index (Phi) is 5.20. The molecule has 1 amide bonds. The number of nitrogens with one attached hydrogen (secondary N) is 1. The van der Waals surface area contributed by atoms with Crippen LogP contribution in [0.3, 0.4) is 0 Å². The number of rotatable bonds is 4. The Morgan fingerprint density at radius 3 is 2.80 bits per heavy atom. The first-order chi connectivity index (χ1) is 9.56. The molecule has 0 radical (unpaired) electrons. The number of pyridine rings is 1. The van der Waals surface area contributed by atoms with E-state index in [1.54, 1.807) is 6.20 Å². The van der Waals surface area contributed by atoms with Crippen LogP contribution in [0.4, 0.5) is 5.69 Å². The minimum Gasteiger partial charge on any atom is -0.325 e. The molecule has 0 aliphatic carbocycles. The van der Waals surface area contributed by atoms with Gasteiger partial charge in [-0.3, -0.25) is 4.79 Å². The number of benzene rings is 1. The normalized spacial score (nSPS) is 11.9. The fourth-order valence-electron chi connectivity index (χ4n) is 1.62. The topological polar surface area (TPSA) is 42.0 Å². The number of hydrogen-bond donors (Lipinski definition) is 1. The minimum atomic E-state index is -0.200. The highest BCUT2D eigenvalue weighted by molar-refractivity contribution is 9.10. The van der Waals surface area contributed by atoms with E-state index in [0.29, 0.717) is 0 Å². The third-order valence-electron chi connectivity index (χ3n) is 2.73. The molecule has 0 saturated carbocycles. The van der Waals surface area contributed by atoms with E-state index in [0.717, 1.165) is 20.7 Å². The maximum absolute atomic E-state index is 12.1. The second-order valence-electron chi connectivity index (χ2n) is 4.38. The zero-order valence-electron chi connectivity index (χ0n) is 11.3. The monoisotopic (exact) mass is 350 g/mol. The van der Waals surface area contributed by atoms with E-state index in [2.05, 4.69) is 26.2 Å². The Hall–Kier alpha value is -1.33. The number of hydrogen-bond acceptors (Lipinski definition) is 3. The fourth-order valence-corrected chi connectivity index (χ4v) is 2.67. The van der Waals surface area contributed by atoms with Crippen LogP contribution in [-0.2, 0) is 4.79 Å². The Labute approximate surface area is 131 Å². The Morgan fingerprint density at radius 1 is 1.35 bits per heavy atom. The molecule has 1 unspecified atom stereocenters. The third-order valence-corrected chi connectivity index (χ3v) is 4.67. The van der Waals surface area contributed by atoms with Crippen LogP contribution in [-0.4, -0.2) is 16.1 Å². The van der Waals surface area contributed by atoms with Crippen LogP contribution < -0.4 is 5.32 Å². The van der Waals surface area contributed by atoms with Crippen LogP contribution in [0.25, 0.3) is 0 Å². The summed E-state index contributed by atoms with van der Waals surface area (Å²) in [5.74, 6) is -0.0256. The first-order valence-electron chi connectivity index (χ1n) is 6.21. The molecule has 0 bridgehead atoms. The van der Waals surface area contributed by atoms with Crippen molar-refractivity contribution in [2.45, 2.75) is 24.1 Å². The summed E-state index contributed by atoms with van der Waals surface area (Å²) in [5, 5.41) is 3.57. The van der Waals surface area contributed by atoms with Gasteiger partial charge < -0.3 is 5.32 Å². The molecule has 0 aliphatic heterocycles. The molecule has 0 aliphatic rings. The number of nitrogens with zero attached hydrogens (tertiary/aromatic N) is 1. The quantitative estimate of drug-likeness (QED) is 0.837. The van der Waals surface area contributed by atoms with Crippen LogP contribution in [0.15, 0.2) is 52.1 Å². The number of carbonyl (C=O) groups is 1. The summed E-state index contributed by atoms with van der Waals surface area (Å²) in [7, 11) is 0. The largest absolute Gasteiger partial charge is 0.325 e. The van der Waals surface area contributed by atoms with Gasteiger partial charge in [0.25, 0.3) is 0 Å². The highest BCUT2D eigenvalue weighted by Gasteiger charge is 2.15. The van der Waals surface area contributed by atoms with Crippen LogP contribution in [0, 0.1) is 6.92 Å². The number of anilines is 1. The number of carbonyl (C=O) groups excluding carboxylic acids is 1. The second kappa shape index (κ2) is 6.90. The average Bonchev–Trinajstić information content (AvgIpc) is 2.44. The van der Waals surface area contributed by atoms with Crippen molar-refractivity contribution in [1.82, 2.24) is 4.98 Å². The van der Waals surface area contributed by atoms with Crippen molar-refractivity contribution in [3.05, 3.63) is 52.6 Å².